The van der Waals surface area contributed by atoms with E-state index in [4.69, 9.17) is 0 Å². The lowest BCUT2D eigenvalue weighted by Crippen LogP contribution is -2.34. The molecule has 0 saturated carbocycles. The van der Waals surface area contributed by atoms with Gasteiger partial charge in [-0.25, -0.2) is 0 Å². The average molecular weight is 399 g/mol. The zero-order chi connectivity index (χ0) is 17.2. The first-order valence-electron chi connectivity index (χ1n) is 7.02. The number of anilines is 1. The second-order valence-electron chi connectivity index (χ2n) is 6.16. The Morgan fingerprint density at radius 1 is 1.39 bits per heavy atom. The van der Waals surface area contributed by atoms with Gasteiger partial charge in [-0.2, -0.15) is 5.10 Å². The Hall–Kier alpha value is -1.67. The first kappa shape index (κ1) is 17.7. The molecular weight excluding hydrogens is 380 g/mol. The van der Waals surface area contributed by atoms with Crippen LogP contribution in [0.15, 0.2) is 28.3 Å². The molecule has 0 spiro atoms. The minimum absolute atomic E-state index is 0.0188. The van der Waals surface area contributed by atoms with Crippen molar-refractivity contribution in [3.05, 3.63) is 33.2 Å². The summed E-state index contributed by atoms with van der Waals surface area (Å²) in [7, 11) is 1.61. The van der Waals surface area contributed by atoms with E-state index < -0.39 is 0 Å². The van der Waals surface area contributed by atoms with Crippen LogP contribution < -0.4 is 5.32 Å². The number of nitrogens with zero attached hydrogens (tertiary/aromatic N) is 3. The summed E-state index contributed by atoms with van der Waals surface area (Å²) in [4.78, 5) is 26.3. The summed E-state index contributed by atoms with van der Waals surface area (Å²) >= 11 is 4.66. The second kappa shape index (κ2) is 6.84. The lowest BCUT2D eigenvalue weighted by Gasteiger charge is -2.18. The number of thiophene rings is 1. The molecule has 2 heterocycles. The molecule has 2 aromatic rings. The van der Waals surface area contributed by atoms with Crippen LogP contribution in [0.4, 0.5) is 5.69 Å². The van der Waals surface area contributed by atoms with E-state index in [1.54, 1.807) is 30.2 Å². The Kier molecular flexibility index (Phi) is 5.26. The fourth-order valence-electron chi connectivity index (χ4n) is 1.86. The Morgan fingerprint density at radius 3 is 2.61 bits per heavy atom. The molecule has 124 valence electrons. The first-order chi connectivity index (χ1) is 10.7. The Bertz CT molecular complexity index is 717. The molecule has 0 radical (unpaired) electrons. The van der Waals surface area contributed by atoms with Gasteiger partial charge in [0.2, 0.25) is 5.91 Å². The lowest BCUT2D eigenvalue weighted by molar-refractivity contribution is -0.116. The molecule has 0 aliphatic carbocycles. The van der Waals surface area contributed by atoms with Crippen LogP contribution in [0.3, 0.4) is 0 Å². The molecule has 1 N–H and O–H groups in total. The van der Waals surface area contributed by atoms with Gasteiger partial charge in [0.05, 0.1) is 32.6 Å². The molecule has 0 atom stereocenters. The largest absolute Gasteiger partial charge is 0.332 e. The van der Waals surface area contributed by atoms with Crippen LogP contribution in [0, 0.1) is 0 Å². The molecule has 2 amide bonds. The van der Waals surface area contributed by atoms with E-state index in [0.29, 0.717) is 10.6 Å². The van der Waals surface area contributed by atoms with Crippen molar-refractivity contribution in [2.75, 3.05) is 18.9 Å². The SMILES string of the molecule is CN(CC(=O)Nc1cnn(C(C)(C)C)c1)C(=O)c1ccc(Br)s1. The maximum Gasteiger partial charge on any atom is 0.264 e. The number of carbonyl (C=O) groups is 2. The predicted molar refractivity (Wildman–Crippen MR) is 94.8 cm³/mol. The summed E-state index contributed by atoms with van der Waals surface area (Å²) in [5.74, 6) is -0.439. The van der Waals surface area contributed by atoms with Gasteiger partial charge in [0.25, 0.3) is 5.91 Å². The van der Waals surface area contributed by atoms with Gasteiger partial charge in [0.15, 0.2) is 0 Å². The van der Waals surface area contributed by atoms with E-state index in [0.717, 1.165) is 3.79 Å². The van der Waals surface area contributed by atoms with Gasteiger partial charge in [-0.1, -0.05) is 0 Å². The van der Waals surface area contributed by atoms with Crippen molar-refractivity contribution in [3.63, 3.8) is 0 Å². The van der Waals surface area contributed by atoms with Gasteiger partial charge in [-0.3, -0.25) is 14.3 Å². The molecule has 0 saturated heterocycles. The summed E-state index contributed by atoms with van der Waals surface area (Å²) < 4.78 is 2.66. The maximum absolute atomic E-state index is 12.2. The predicted octanol–water partition coefficient (Wildman–Crippen LogP) is 3.17. The fourth-order valence-corrected chi connectivity index (χ4v) is 3.24. The monoisotopic (exact) mass is 398 g/mol. The highest BCUT2D eigenvalue weighted by Gasteiger charge is 2.18. The van der Waals surface area contributed by atoms with Crippen LogP contribution in [-0.4, -0.2) is 40.1 Å². The number of carbonyl (C=O) groups excluding carboxylic acids is 2. The third-order valence-corrected chi connectivity index (χ3v) is 4.68. The van der Waals surface area contributed by atoms with Crippen LogP contribution in [0.25, 0.3) is 0 Å². The fraction of sp³-hybridized carbons (Fsp3) is 0.400. The smallest absolute Gasteiger partial charge is 0.264 e. The number of aromatic nitrogens is 2. The van der Waals surface area contributed by atoms with E-state index in [2.05, 4.69) is 26.3 Å². The highest BCUT2D eigenvalue weighted by atomic mass is 79.9. The van der Waals surface area contributed by atoms with Gasteiger partial charge in [-0.05, 0) is 48.8 Å². The van der Waals surface area contributed by atoms with Gasteiger partial charge >= 0.3 is 0 Å². The molecular formula is C15H19BrN4O2S. The normalized spacial score (nSPS) is 11.3. The molecule has 0 bridgehead atoms. The highest BCUT2D eigenvalue weighted by Crippen LogP contribution is 2.23. The number of likely N-dealkylation sites (N-methyl/N-ethyl adjacent to an activating group) is 1. The Morgan fingerprint density at radius 2 is 2.09 bits per heavy atom. The Labute approximate surface area is 147 Å². The standard InChI is InChI=1S/C15H19BrN4O2S/c1-15(2,3)20-8-10(7-17-20)18-13(21)9-19(4)14(22)11-5-6-12(16)23-11/h5-8H,9H2,1-4H3,(H,18,21). The summed E-state index contributed by atoms with van der Waals surface area (Å²) in [5, 5.41) is 6.98. The summed E-state index contributed by atoms with van der Waals surface area (Å²) in [6.45, 7) is 6.06. The van der Waals surface area contributed by atoms with E-state index in [-0.39, 0.29) is 23.9 Å². The van der Waals surface area contributed by atoms with E-state index in [1.165, 1.54) is 16.2 Å². The molecule has 2 rings (SSSR count). The number of amides is 2. The van der Waals surface area contributed by atoms with Crippen molar-refractivity contribution < 1.29 is 9.59 Å². The highest BCUT2D eigenvalue weighted by molar-refractivity contribution is 9.11. The first-order valence-corrected chi connectivity index (χ1v) is 8.63. The third-order valence-electron chi connectivity index (χ3n) is 3.07. The minimum atomic E-state index is -0.259. The lowest BCUT2D eigenvalue weighted by atomic mass is 10.1. The summed E-state index contributed by atoms with van der Waals surface area (Å²) in [6, 6.07) is 3.55. The molecule has 2 aromatic heterocycles. The molecule has 0 unspecified atom stereocenters. The molecule has 23 heavy (non-hydrogen) atoms. The topological polar surface area (TPSA) is 67.2 Å². The van der Waals surface area contributed by atoms with Gasteiger partial charge in [-0.15, -0.1) is 11.3 Å². The van der Waals surface area contributed by atoms with Crippen LogP contribution in [0.1, 0.15) is 30.4 Å². The van der Waals surface area contributed by atoms with E-state index in [9.17, 15) is 9.59 Å². The number of rotatable bonds is 4. The third kappa shape index (κ3) is 4.65. The molecule has 0 aromatic carbocycles. The second-order valence-corrected chi connectivity index (χ2v) is 8.62. The quantitative estimate of drug-likeness (QED) is 0.859. The van der Waals surface area contributed by atoms with E-state index >= 15 is 0 Å². The average Bonchev–Trinajstić information content (AvgIpc) is 3.06. The van der Waals surface area contributed by atoms with Gasteiger partial charge in [0, 0.05) is 13.2 Å². The number of halogens is 1. The molecule has 0 aliphatic heterocycles. The van der Waals surface area contributed by atoms with Gasteiger partial charge < -0.3 is 10.2 Å². The number of hydrogen-bond acceptors (Lipinski definition) is 4. The van der Waals surface area contributed by atoms with Crippen LogP contribution in [0.2, 0.25) is 0 Å². The number of nitrogens with one attached hydrogen (secondary N) is 1. The van der Waals surface area contributed by atoms with Crippen molar-refractivity contribution in [1.29, 1.82) is 0 Å². The van der Waals surface area contributed by atoms with Crippen molar-refractivity contribution in [1.82, 2.24) is 14.7 Å². The van der Waals surface area contributed by atoms with Crippen molar-refractivity contribution in [2.24, 2.45) is 0 Å². The Balaban J connectivity index is 1.94. The zero-order valence-electron chi connectivity index (χ0n) is 13.5. The van der Waals surface area contributed by atoms with Crippen LogP contribution >= 0.6 is 27.3 Å². The number of hydrogen-bond donors (Lipinski definition) is 1. The summed E-state index contributed by atoms with van der Waals surface area (Å²) in [5.41, 5.74) is 0.465. The summed E-state index contributed by atoms with van der Waals surface area (Å²) in [6.07, 6.45) is 3.37. The van der Waals surface area contributed by atoms with Crippen molar-refractivity contribution in [2.45, 2.75) is 26.3 Å². The van der Waals surface area contributed by atoms with Crippen LogP contribution in [0.5, 0.6) is 0 Å². The van der Waals surface area contributed by atoms with E-state index in [1.807, 2.05) is 26.8 Å². The molecule has 6 nitrogen and oxygen atoms in total. The maximum atomic E-state index is 12.2. The molecule has 8 heteroatoms. The van der Waals surface area contributed by atoms with Crippen LogP contribution in [-0.2, 0) is 10.3 Å². The van der Waals surface area contributed by atoms with Gasteiger partial charge in [0.1, 0.15) is 0 Å². The van der Waals surface area contributed by atoms with Crippen molar-refractivity contribution in [3.8, 4) is 0 Å². The van der Waals surface area contributed by atoms with Crippen molar-refractivity contribution >= 4 is 44.8 Å². The minimum Gasteiger partial charge on any atom is -0.332 e. The molecule has 0 fully saturated rings. The molecule has 0 aliphatic rings. The zero-order valence-corrected chi connectivity index (χ0v) is 15.9.